The van der Waals surface area contributed by atoms with Crippen LogP contribution in [0.3, 0.4) is 0 Å². The molecule has 0 aliphatic heterocycles. The highest BCUT2D eigenvalue weighted by molar-refractivity contribution is 9.10. The molecule has 10 heteroatoms. The first-order chi connectivity index (χ1) is 18.2. The topological polar surface area (TPSA) is 65.7 Å². The number of aromatic nitrogens is 2. The second kappa shape index (κ2) is 11.1. The van der Waals surface area contributed by atoms with E-state index in [2.05, 4.69) is 47.9 Å². The molecule has 0 aliphatic rings. The van der Waals surface area contributed by atoms with Gasteiger partial charge in [0.25, 0.3) is 0 Å². The summed E-state index contributed by atoms with van der Waals surface area (Å²) >= 11 is 8.42. The lowest BCUT2D eigenvalue weighted by Gasteiger charge is -2.03. The van der Waals surface area contributed by atoms with Gasteiger partial charge >= 0.3 is 0 Å². The smallest absolute Gasteiger partial charge is 0.208 e. The maximum absolute atomic E-state index is 12.9. The molecule has 2 N–H and O–H groups in total. The molecule has 2 aromatic heterocycles. The van der Waals surface area contributed by atoms with Crippen LogP contribution < -0.4 is 0 Å². The molecular formula is C28H18Br2F2N2O2S2. The van der Waals surface area contributed by atoms with Gasteiger partial charge in [-0.2, -0.15) is 0 Å². The Bertz CT molecular complexity index is 1850. The zero-order valence-corrected chi connectivity index (χ0v) is 24.2. The zero-order chi connectivity index (χ0) is 26.9. The van der Waals surface area contributed by atoms with Crippen molar-refractivity contribution in [1.82, 2.24) is 9.97 Å². The van der Waals surface area contributed by atoms with Crippen LogP contribution in [0.5, 0.6) is 0 Å². The Balaban J connectivity index is 0.000000156. The highest BCUT2D eigenvalue weighted by atomic mass is 79.9. The number of hydrogen-bond donors (Lipinski definition) is 2. The van der Waals surface area contributed by atoms with Gasteiger partial charge in [-0.15, -0.1) is 0 Å². The molecule has 38 heavy (non-hydrogen) atoms. The lowest BCUT2D eigenvalue weighted by Crippen LogP contribution is -2.01. The van der Waals surface area contributed by atoms with Crippen LogP contribution in [-0.2, 0) is 9.84 Å². The van der Waals surface area contributed by atoms with Gasteiger partial charge in [-0.25, -0.2) is 17.2 Å². The fourth-order valence-electron chi connectivity index (χ4n) is 3.81. The molecule has 0 atom stereocenters. The minimum atomic E-state index is -3.67. The van der Waals surface area contributed by atoms with Crippen molar-refractivity contribution >= 4 is 75.3 Å². The van der Waals surface area contributed by atoms with E-state index in [1.165, 1.54) is 35.8 Å². The second-order valence-electron chi connectivity index (χ2n) is 8.20. The summed E-state index contributed by atoms with van der Waals surface area (Å²) in [4.78, 5) is 8.57. The normalized spacial score (nSPS) is 11.5. The van der Waals surface area contributed by atoms with E-state index in [0.717, 1.165) is 41.9 Å². The first-order valence-corrected chi connectivity index (χ1v) is 15.1. The lowest BCUT2D eigenvalue weighted by atomic mass is 10.2. The Labute approximate surface area is 238 Å². The zero-order valence-electron chi connectivity index (χ0n) is 19.4. The van der Waals surface area contributed by atoms with E-state index in [1.54, 1.807) is 36.0 Å². The van der Waals surface area contributed by atoms with Crippen LogP contribution >= 0.6 is 43.6 Å². The van der Waals surface area contributed by atoms with Crippen LogP contribution in [0.1, 0.15) is 0 Å². The number of H-pyrrole nitrogens is 2. The molecule has 0 bridgehead atoms. The van der Waals surface area contributed by atoms with Crippen molar-refractivity contribution in [1.29, 1.82) is 0 Å². The summed E-state index contributed by atoms with van der Waals surface area (Å²) in [5.41, 5.74) is 1.83. The molecule has 192 valence electrons. The van der Waals surface area contributed by atoms with Gasteiger partial charge in [0.1, 0.15) is 11.6 Å². The third-order valence-electron chi connectivity index (χ3n) is 5.67. The van der Waals surface area contributed by atoms with E-state index < -0.39 is 15.7 Å². The van der Waals surface area contributed by atoms with Crippen molar-refractivity contribution in [3.8, 4) is 0 Å². The largest absolute Gasteiger partial charge is 0.360 e. The van der Waals surface area contributed by atoms with Crippen LogP contribution in [0.25, 0.3) is 21.8 Å². The average molecular weight is 676 g/mol. The molecule has 6 aromatic rings. The summed E-state index contributed by atoms with van der Waals surface area (Å²) in [5.74, 6) is -0.674. The van der Waals surface area contributed by atoms with Gasteiger partial charge in [-0.1, -0.05) is 43.6 Å². The maximum atomic E-state index is 12.9. The summed E-state index contributed by atoms with van der Waals surface area (Å²) in [6, 6.07) is 22.8. The van der Waals surface area contributed by atoms with Crippen molar-refractivity contribution < 1.29 is 17.2 Å². The fraction of sp³-hybridized carbons (Fsp3) is 0. The lowest BCUT2D eigenvalue weighted by molar-refractivity contribution is 0.595. The number of fused-ring (bicyclic) bond motifs is 2. The van der Waals surface area contributed by atoms with Crippen molar-refractivity contribution in [2.24, 2.45) is 0 Å². The number of sulfone groups is 1. The summed E-state index contributed by atoms with van der Waals surface area (Å²) in [7, 11) is -3.67. The average Bonchev–Trinajstić information content (AvgIpc) is 3.50. The van der Waals surface area contributed by atoms with Crippen molar-refractivity contribution in [2.75, 3.05) is 0 Å². The van der Waals surface area contributed by atoms with Gasteiger partial charge in [0.05, 0.1) is 9.79 Å². The van der Waals surface area contributed by atoms with Crippen molar-refractivity contribution in [3.05, 3.63) is 118 Å². The molecule has 4 aromatic carbocycles. The summed E-state index contributed by atoms with van der Waals surface area (Å²) in [5, 5.41) is 1.77. The number of halogens is 4. The molecule has 2 heterocycles. The summed E-state index contributed by atoms with van der Waals surface area (Å²) in [6.45, 7) is 0. The summed E-state index contributed by atoms with van der Waals surface area (Å²) < 4.78 is 52.8. The Kier molecular flexibility index (Phi) is 7.76. The number of benzene rings is 4. The third kappa shape index (κ3) is 5.73. The van der Waals surface area contributed by atoms with Gasteiger partial charge in [0.15, 0.2) is 0 Å². The number of rotatable bonds is 4. The Hall–Kier alpha value is -2.92. The van der Waals surface area contributed by atoms with Crippen LogP contribution in [0.15, 0.2) is 126 Å². The fourth-order valence-corrected chi connectivity index (χ4v) is 6.88. The Morgan fingerprint density at radius 1 is 0.658 bits per heavy atom. The Morgan fingerprint density at radius 3 is 1.82 bits per heavy atom. The van der Waals surface area contributed by atoms with E-state index >= 15 is 0 Å². The van der Waals surface area contributed by atoms with Crippen molar-refractivity contribution in [3.63, 3.8) is 0 Å². The van der Waals surface area contributed by atoms with Crippen LogP contribution in [-0.4, -0.2) is 18.4 Å². The quantitative estimate of drug-likeness (QED) is 0.183. The van der Waals surface area contributed by atoms with Crippen molar-refractivity contribution in [2.45, 2.75) is 19.6 Å². The molecule has 0 aliphatic carbocycles. The minimum absolute atomic E-state index is 0.0692. The van der Waals surface area contributed by atoms with Gasteiger partial charge in [-0.3, -0.25) is 0 Å². The first-order valence-electron chi connectivity index (χ1n) is 11.2. The monoisotopic (exact) mass is 674 g/mol. The molecule has 0 saturated carbocycles. The van der Waals surface area contributed by atoms with Gasteiger partial charge in [0, 0.05) is 52.9 Å². The number of nitrogens with one attached hydrogen (secondary N) is 2. The summed E-state index contributed by atoms with van der Waals surface area (Å²) in [6.07, 6.45) is 3.43. The third-order valence-corrected chi connectivity index (χ3v) is 9.53. The van der Waals surface area contributed by atoms with Crippen LogP contribution in [0, 0.1) is 11.6 Å². The van der Waals surface area contributed by atoms with E-state index in [9.17, 15) is 17.2 Å². The highest BCUT2D eigenvalue weighted by Gasteiger charge is 2.21. The molecule has 6 rings (SSSR count). The molecule has 4 nitrogen and oxygen atoms in total. The molecule has 0 fully saturated rings. The van der Waals surface area contributed by atoms with E-state index in [4.69, 9.17) is 0 Å². The van der Waals surface area contributed by atoms with E-state index in [0.29, 0.717) is 5.39 Å². The van der Waals surface area contributed by atoms with Crippen LogP contribution in [0.4, 0.5) is 8.78 Å². The van der Waals surface area contributed by atoms with E-state index in [-0.39, 0.29) is 15.6 Å². The molecule has 0 amide bonds. The molecular weight excluding hydrogens is 658 g/mol. The second-order valence-corrected chi connectivity index (χ2v) is 13.1. The number of aromatic amines is 2. The SMILES string of the molecule is Fc1ccc(Sc2c[nH]c3ccc(Br)cc23)cc1.O=S(=O)(c1ccc(F)cc1)c1c[nH]c2ccc(Br)cc12. The minimum Gasteiger partial charge on any atom is -0.360 e. The number of hydrogen-bond acceptors (Lipinski definition) is 3. The van der Waals surface area contributed by atoms with E-state index in [1.807, 2.05) is 24.4 Å². The predicted octanol–water partition coefficient (Wildman–Crippen LogP) is 9.12. The highest BCUT2D eigenvalue weighted by Crippen LogP contribution is 2.35. The molecule has 0 unspecified atom stereocenters. The van der Waals surface area contributed by atoms with Crippen LogP contribution in [0.2, 0.25) is 0 Å². The maximum Gasteiger partial charge on any atom is 0.208 e. The standard InChI is InChI=1S/C14H9BrFNO2S.C14H9BrFNS/c15-9-1-6-13-12(7-9)14(8-17-13)20(18,19)11-4-2-10(16)3-5-11;15-9-1-6-13-12(7-9)14(8-17-13)18-11-4-2-10(16)3-5-11/h1-8,17H;1-8,17H. The van der Waals surface area contributed by atoms with Gasteiger partial charge < -0.3 is 9.97 Å². The van der Waals surface area contributed by atoms with Gasteiger partial charge in [-0.05, 0) is 84.9 Å². The molecule has 0 saturated heterocycles. The van der Waals surface area contributed by atoms with Gasteiger partial charge in [0.2, 0.25) is 9.84 Å². The molecule has 0 spiro atoms. The predicted molar refractivity (Wildman–Crippen MR) is 154 cm³/mol. The first kappa shape index (κ1) is 26.7. The Morgan fingerprint density at radius 2 is 1.18 bits per heavy atom. The molecule has 0 radical (unpaired) electrons.